The van der Waals surface area contributed by atoms with Crippen molar-refractivity contribution in [2.24, 2.45) is 0 Å². The van der Waals surface area contributed by atoms with Crippen LogP contribution in [0.3, 0.4) is 0 Å². The second-order valence-electron chi connectivity index (χ2n) is 12.1. The van der Waals surface area contributed by atoms with Crippen molar-refractivity contribution < 1.29 is 38.0 Å². The van der Waals surface area contributed by atoms with Gasteiger partial charge in [0.2, 0.25) is 11.2 Å². The Morgan fingerprint density at radius 2 is 1.71 bits per heavy atom. The maximum absolute atomic E-state index is 13.0. The molecular weight excluding hydrogens is 628 g/mol. The van der Waals surface area contributed by atoms with Gasteiger partial charge in [-0.3, -0.25) is 14.5 Å². The van der Waals surface area contributed by atoms with Crippen LogP contribution >= 0.6 is 0 Å². The molecule has 0 amide bonds. The second kappa shape index (κ2) is 15.4. The van der Waals surface area contributed by atoms with Gasteiger partial charge in [-0.05, 0) is 59.2 Å². The molecule has 0 radical (unpaired) electrons. The van der Waals surface area contributed by atoms with E-state index in [1.807, 2.05) is 36.4 Å². The number of fused-ring (bicyclic) bond motifs is 1. The predicted octanol–water partition coefficient (Wildman–Crippen LogP) is 4.94. The molecule has 258 valence electrons. The van der Waals surface area contributed by atoms with Gasteiger partial charge in [-0.2, -0.15) is 0 Å². The lowest BCUT2D eigenvalue weighted by Gasteiger charge is -2.36. The quantitative estimate of drug-likeness (QED) is 0.195. The van der Waals surface area contributed by atoms with Crippen LogP contribution in [-0.4, -0.2) is 76.7 Å². The number of nitrogens with zero attached hydrogens (tertiary/aromatic N) is 2. The van der Waals surface area contributed by atoms with Gasteiger partial charge in [-0.25, -0.2) is 0 Å². The number of piperazine rings is 1. The van der Waals surface area contributed by atoms with Crippen molar-refractivity contribution in [2.75, 3.05) is 65.6 Å². The van der Waals surface area contributed by atoms with Crippen LogP contribution in [0.2, 0.25) is 0 Å². The lowest BCUT2D eigenvalue weighted by atomic mass is 9.91. The molecule has 1 atom stereocenters. The molecule has 1 fully saturated rings. The summed E-state index contributed by atoms with van der Waals surface area (Å²) in [6, 6.07) is 20.8. The summed E-state index contributed by atoms with van der Waals surface area (Å²) in [7, 11) is 4.48. The van der Waals surface area contributed by atoms with Crippen LogP contribution < -0.4 is 29.3 Å². The van der Waals surface area contributed by atoms with Gasteiger partial charge < -0.3 is 38.1 Å². The van der Waals surface area contributed by atoms with E-state index in [1.54, 1.807) is 25.3 Å². The Balaban J connectivity index is 1.17. The molecule has 6 rings (SSSR count). The van der Waals surface area contributed by atoms with Gasteiger partial charge in [0, 0.05) is 50.8 Å². The van der Waals surface area contributed by atoms with Gasteiger partial charge in [0.25, 0.3) is 0 Å². The van der Waals surface area contributed by atoms with Crippen molar-refractivity contribution in [1.29, 1.82) is 0 Å². The standard InChI is InChI=1S/C38H42N2O9/c1-44-29-8-6-28(7-9-29)40-16-14-39(15-17-40)24-30-22-32(41)37(43)38(49-30)31(23-36(42)46-3)26-5-11-34(35(21-26)45-2)48-18-12-25-4-10-33-27(20-25)13-19-47-33/h4-11,20-22,31,43H,12-19,23-24H2,1-3H3. The van der Waals surface area contributed by atoms with Crippen LogP contribution in [-0.2, 0) is 28.9 Å². The summed E-state index contributed by atoms with van der Waals surface area (Å²) in [5.74, 6) is 1.25. The second-order valence-corrected chi connectivity index (χ2v) is 12.1. The van der Waals surface area contributed by atoms with Crippen molar-refractivity contribution >= 4 is 11.7 Å². The first kappa shape index (κ1) is 33.7. The van der Waals surface area contributed by atoms with Crippen LogP contribution in [0.4, 0.5) is 5.69 Å². The fraction of sp³-hybridized carbons (Fsp3) is 0.368. The van der Waals surface area contributed by atoms with Crippen LogP contribution in [0, 0.1) is 0 Å². The van der Waals surface area contributed by atoms with Crippen molar-refractivity contribution in [3.63, 3.8) is 0 Å². The summed E-state index contributed by atoms with van der Waals surface area (Å²) < 4.78 is 33.9. The molecule has 4 aromatic rings. The molecule has 2 aliphatic rings. The predicted molar refractivity (Wildman–Crippen MR) is 183 cm³/mol. The highest BCUT2D eigenvalue weighted by molar-refractivity contribution is 5.71. The largest absolute Gasteiger partial charge is 0.502 e. The van der Waals surface area contributed by atoms with E-state index in [1.165, 1.54) is 25.8 Å². The van der Waals surface area contributed by atoms with Crippen molar-refractivity contribution in [2.45, 2.75) is 31.7 Å². The number of esters is 1. The average Bonchev–Trinajstić information content (AvgIpc) is 3.61. The highest BCUT2D eigenvalue weighted by Gasteiger charge is 2.28. The number of carbonyl (C=O) groups is 1. The van der Waals surface area contributed by atoms with Gasteiger partial charge in [0.1, 0.15) is 17.3 Å². The van der Waals surface area contributed by atoms with Crippen LogP contribution in [0.5, 0.6) is 28.7 Å². The van der Waals surface area contributed by atoms with Crippen LogP contribution in [0.25, 0.3) is 0 Å². The zero-order valence-electron chi connectivity index (χ0n) is 28.1. The van der Waals surface area contributed by atoms with Gasteiger partial charge >= 0.3 is 5.97 Å². The maximum atomic E-state index is 13.0. The molecule has 1 unspecified atom stereocenters. The van der Waals surface area contributed by atoms with Crippen LogP contribution in [0.15, 0.2) is 75.9 Å². The van der Waals surface area contributed by atoms with Crippen molar-refractivity contribution in [3.8, 4) is 28.7 Å². The van der Waals surface area contributed by atoms with Gasteiger partial charge in [-0.15, -0.1) is 0 Å². The van der Waals surface area contributed by atoms with E-state index in [4.69, 9.17) is 28.1 Å². The normalized spacial score (nSPS) is 14.9. The number of carbonyl (C=O) groups excluding carboxylic acids is 1. The zero-order valence-corrected chi connectivity index (χ0v) is 28.1. The number of hydrogen-bond donors (Lipinski definition) is 1. The van der Waals surface area contributed by atoms with E-state index < -0.39 is 23.1 Å². The summed E-state index contributed by atoms with van der Waals surface area (Å²) in [5, 5.41) is 11.0. The Morgan fingerprint density at radius 3 is 2.45 bits per heavy atom. The van der Waals surface area contributed by atoms with Crippen molar-refractivity contribution in [1.82, 2.24) is 4.90 Å². The zero-order chi connectivity index (χ0) is 34.3. The first-order valence-corrected chi connectivity index (χ1v) is 16.4. The molecule has 0 bridgehead atoms. The third-order valence-corrected chi connectivity index (χ3v) is 9.10. The molecule has 1 aromatic heterocycles. The minimum absolute atomic E-state index is 0.000999. The highest BCUT2D eigenvalue weighted by Crippen LogP contribution is 2.38. The number of methoxy groups -OCH3 is 3. The molecule has 49 heavy (non-hydrogen) atoms. The molecule has 0 saturated carbocycles. The van der Waals surface area contributed by atoms with Gasteiger partial charge in [0.15, 0.2) is 17.3 Å². The maximum Gasteiger partial charge on any atom is 0.306 e. The number of ether oxygens (including phenoxy) is 5. The fourth-order valence-electron chi connectivity index (χ4n) is 6.35. The Bertz CT molecular complexity index is 1810. The molecule has 0 spiro atoms. The Morgan fingerprint density at radius 1 is 0.918 bits per heavy atom. The smallest absolute Gasteiger partial charge is 0.306 e. The minimum Gasteiger partial charge on any atom is -0.502 e. The molecular formula is C38H42N2O9. The number of hydrogen-bond acceptors (Lipinski definition) is 11. The molecule has 2 aliphatic heterocycles. The lowest BCUT2D eigenvalue weighted by Crippen LogP contribution is -2.46. The van der Waals surface area contributed by atoms with E-state index in [-0.39, 0.29) is 12.2 Å². The third-order valence-electron chi connectivity index (χ3n) is 9.10. The van der Waals surface area contributed by atoms with E-state index in [0.29, 0.717) is 49.0 Å². The van der Waals surface area contributed by atoms with E-state index in [0.717, 1.165) is 55.3 Å². The van der Waals surface area contributed by atoms with E-state index in [2.05, 4.69) is 15.9 Å². The summed E-state index contributed by atoms with van der Waals surface area (Å²) >= 11 is 0. The molecule has 1 saturated heterocycles. The number of anilines is 1. The topological polar surface area (TPSA) is 120 Å². The number of aromatic hydroxyl groups is 1. The monoisotopic (exact) mass is 670 g/mol. The first-order valence-electron chi connectivity index (χ1n) is 16.4. The highest BCUT2D eigenvalue weighted by atomic mass is 16.5. The summed E-state index contributed by atoms with van der Waals surface area (Å²) in [4.78, 5) is 30.1. The van der Waals surface area contributed by atoms with Crippen molar-refractivity contribution in [3.05, 3.63) is 105 Å². The average molecular weight is 671 g/mol. The molecule has 3 heterocycles. The third kappa shape index (κ3) is 7.94. The fourth-order valence-corrected chi connectivity index (χ4v) is 6.35. The SMILES string of the molecule is COC(=O)CC(c1ccc(OCCc2ccc3c(c2)CCO3)c(OC)c1)c1oc(CN2CCN(c3ccc(OC)cc3)CC2)cc(=O)c1O. The first-order chi connectivity index (χ1) is 23.8. The Kier molecular flexibility index (Phi) is 10.6. The van der Waals surface area contributed by atoms with Gasteiger partial charge in [-0.1, -0.05) is 18.2 Å². The Labute approximate surface area is 285 Å². The number of benzene rings is 3. The lowest BCUT2D eigenvalue weighted by molar-refractivity contribution is -0.140. The van der Waals surface area contributed by atoms with Gasteiger partial charge in [0.05, 0.1) is 53.4 Å². The summed E-state index contributed by atoms with van der Waals surface area (Å²) in [6.45, 7) is 4.59. The Hall–Kier alpha value is -5.16. The molecule has 0 aliphatic carbocycles. The van der Waals surface area contributed by atoms with E-state index >= 15 is 0 Å². The molecule has 11 heteroatoms. The van der Waals surface area contributed by atoms with E-state index in [9.17, 15) is 14.7 Å². The molecule has 3 aromatic carbocycles. The summed E-state index contributed by atoms with van der Waals surface area (Å²) in [5.41, 5.74) is 3.50. The molecule has 1 N–H and O–H groups in total. The van der Waals surface area contributed by atoms with Crippen LogP contribution in [0.1, 0.15) is 40.5 Å². The number of rotatable bonds is 13. The minimum atomic E-state index is -0.816. The molecule has 11 nitrogen and oxygen atoms in total. The summed E-state index contributed by atoms with van der Waals surface area (Å²) in [6.07, 6.45) is 1.45.